The number of fused-ring (bicyclic) bond motifs is 1. The first-order valence-electron chi connectivity index (χ1n) is 7.39. The molecular weight excluding hydrogens is 270 g/mol. The summed E-state index contributed by atoms with van der Waals surface area (Å²) in [5.74, 6) is -1.43. The quantitative estimate of drug-likeness (QED) is 0.872. The summed E-state index contributed by atoms with van der Waals surface area (Å²) in [4.78, 5) is 24.6. The van der Waals surface area contributed by atoms with Crippen LogP contribution in [0.4, 0.5) is 0 Å². The predicted octanol–water partition coefficient (Wildman–Crippen LogP) is 2.21. The molecule has 0 spiro atoms. The highest BCUT2D eigenvalue weighted by molar-refractivity contribution is 5.98. The molecule has 0 bridgehead atoms. The Bertz CT molecular complexity index is 553. The summed E-state index contributed by atoms with van der Waals surface area (Å²) in [6, 6.07) is 3.50. The Balaban J connectivity index is 2.31. The van der Waals surface area contributed by atoms with Gasteiger partial charge in [0, 0.05) is 6.54 Å². The zero-order valence-corrected chi connectivity index (χ0v) is 12.3. The van der Waals surface area contributed by atoms with E-state index in [0.717, 1.165) is 36.8 Å². The number of aliphatic carboxylic acids is 1. The van der Waals surface area contributed by atoms with E-state index in [-0.39, 0.29) is 17.9 Å². The summed E-state index contributed by atoms with van der Waals surface area (Å²) in [6.07, 6.45) is 4.47. The standard InChI is InChI=1S/C16H21NO4/c1-2-9-17(10-14(18)19)16(21)13-8-7-11-5-3-4-6-12(11)15(13)20/h7-8,20H,2-6,9-10H2,1H3,(H,18,19). The Morgan fingerprint density at radius 2 is 1.95 bits per heavy atom. The number of phenols is 1. The number of carboxylic acid groups (broad SMARTS) is 1. The van der Waals surface area contributed by atoms with E-state index < -0.39 is 11.9 Å². The smallest absolute Gasteiger partial charge is 0.323 e. The molecule has 1 amide bonds. The van der Waals surface area contributed by atoms with Gasteiger partial charge in [0.25, 0.3) is 5.91 Å². The summed E-state index contributed by atoms with van der Waals surface area (Å²) >= 11 is 0. The summed E-state index contributed by atoms with van der Waals surface area (Å²) in [6.45, 7) is 1.90. The Hall–Kier alpha value is -2.04. The van der Waals surface area contributed by atoms with E-state index in [0.29, 0.717) is 13.0 Å². The van der Waals surface area contributed by atoms with Crippen LogP contribution in [0.25, 0.3) is 0 Å². The highest BCUT2D eigenvalue weighted by Crippen LogP contribution is 2.32. The molecule has 0 aromatic heterocycles. The van der Waals surface area contributed by atoms with E-state index >= 15 is 0 Å². The first kappa shape index (κ1) is 15.4. The molecule has 5 heteroatoms. The number of carbonyl (C=O) groups excluding carboxylic acids is 1. The summed E-state index contributed by atoms with van der Waals surface area (Å²) < 4.78 is 0. The predicted molar refractivity (Wildman–Crippen MR) is 78.6 cm³/mol. The average molecular weight is 291 g/mol. The topological polar surface area (TPSA) is 77.8 Å². The van der Waals surface area contributed by atoms with E-state index in [1.165, 1.54) is 4.90 Å². The van der Waals surface area contributed by atoms with E-state index in [2.05, 4.69) is 0 Å². The highest BCUT2D eigenvalue weighted by atomic mass is 16.4. The molecule has 0 saturated heterocycles. The van der Waals surface area contributed by atoms with Gasteiger partial charge in [-0.05, 0) is 49.3 Å². The first-order chi connectivity index (χ1) is 10.0. The fourth-order valence-corrected chi connectivity index (χ4v) is 2.84. The molecule has 0 fully saturated rings. The summed E-state index contributed by atoms with van der Waals surface area (Å²) in [5.41, 5.74) is 2.15. The van der Waals surface area contributed by atoms with Gasteiger partial charge in [-0.25, -0.2) is 0 Å². The zero-order valence-electron chi connectivity index (χ0n) is 12.3. The molecule has 21 heavy (non-hydrogen) atoms. The van der Waals surface area contributed by atoms with Crippen LogP contribution in [0.5, 0.6) is 5.75 Å². The number of aryl methyl sites for hydroxylation is 1. The second-order valence-electron chi connectivity index (χ2n) is 5.43. The van der Waals surface area contributed by atoms with Gasteiger partial charge in [-0.1, -0.05) is 13.0 Å². The molecule has 1 aromatic carbocycles. The minimum absolute atomic E-state index is 0.0312. The fourth-order valence-electron chi connectivity index (χ4n) is 2.84. The number of nitrogens with zero attached hydrogens (tertiary/aromatic N) is 1. The maximum absolute atomic E-state index is 12.5. The van der Waals surface area contributed by atoms with Gasteiger partial charge in [0.1, 0.15) is 12.3 Å². The lowest BCUT2D eigenvalue weighted by molar-refractivity contribution is -0.137. The van der Waals surface area contributed by atoms with Crippen molar-refractivity contribution in [2.45, 2.75) is 39.0 Å². The Labute approximate surface area is 124 Å². The number of hydrogen-bond donors (Lipinski definition) is 2. The molecule has 1 aliphatic rings. The van der Waals surface area contributed by atoms with Crippen molar-refractivity contribution in [2.24, 2.45) is 0 Å². The number of rotatable bonds is 5. The molecule has 1 aliphatic carbocycles. The van der Waals surface area contributed by atoms with Gasteiger partial charge in [-0.3, -0.25) is 9.59 Å². The van der Waals surface area contributed by atoms with Crippen LogP contribution in [0.3, 0.4) is 0 Å². The normalized spacial score (nSPS) is 13.6. The van der Waals surface area contributed by atoms with Gasteiger partial charge in [0.15, 0.2) is 0 Å². The SMILES string of the molecule is CCCN(CC(=O)O)C(=O)c1ccc2c(c1O)CCCC2. The van der Waals surface area contributed by atoms with Crippen molar-refractivity contribution in [3.63, 3.8) is 0 Å². The van der Waals surface area contributed by atoms with E-state index in [1.54, 1.807) is 6.07 Å². The molecule has 0 aliphatic heterocycles. The summed E-state index contributed by atoms with van der Waals surface area (Å²) in [7, 11) is 0. The van der Waals surface area contributed by atoms with E-state index in [4.69, 9.17) is 5.11 Å². The molecule has 0 radical (unpaired) electrons. The lowest BCUT2D eigenvalue weighted by Crippen LogP contribution is -2.36. The Morgan fingerprint density at radius 3 is 2.62 bits per heavy atom. The van der Waals surface area contributed by atoms with Gasteiger partial charge in [0.05, 0.1) is 5.56 Å². The van der Waals surface area contributed by atoms with Crippen molar-refractivity contribution in [3.8, 4) is 5.75 Å². The molecule has 2 rings (SSSR count). The minimum atomic E-state index is -1.05. The Morgan fingerprint density at radius 1 is 1.24 bits per heavy atom. The molecule has 0 unspecified atom stereocenters. The zero-order chi connectivity index (χ0) is 15.4. The molecule has 114 valence electrons. The van der Waals surface area contributed by atoms with Gasteiger partial charge >= 0.3 is 5.97 Å². The number of carbonyl (C=O) groups is 2. The molecule has 0 heterocycles. The van der Waals surface area contributed by atoms with Crippen LogP contribution in [0.2, 0.25) is 0 Å². The molecule has 0 saturated carbocycles. The summed E-state index contributed by atoms with van der Waals surface area (Å²) in [5, 5.41) is 19.3. The van der Waals surface area contributed by atoms with Crippen molar-refractivity contribution in [1.29, 1.82) is 0 Å². The maximum atomic E-state index is 12.5. The lowest BCUT2D eigenvalue weighted by Gasteiger charge is -2.23. The van der Waals surface area contributed by atoms with Crippen LogP contribution in [-0.4, -0.2) is 40.1 Å². The molecule has 0 atom stereocenters. The second-order valence-corrected chi connectivity index (χ2v) is 5.43. The number of benzene rings is 1. The molecule has 1 aromatic rings. The van der Waals surface area contributed by atoms with Crippen molar-refractivity contribution in [3.05, 3.63) is 28.8 Å². The van der Waals surface area contributed by atoms with Crippen molar-refractivity contribution in [1.82, 2.24) is 4.90 Å². The van der Waals surface area contributed by atoms with E-state index in [9.17, 15) is 14.7 Å². The van der Waals surface area contributed by atoms with Crippen molar-refractivity contribution < 1.29 is 19.8 Å². The van der Waals surface area contributed by atoms with Crippen LogP contribution < -0.4 is 0 Å². The van der Waals surface area contributed by atoms with Crippen LogP contribution in [0.1, 0.15) is 47.7 Å². The van der Waals surface area contributed by atoms with Gasteiger partial charge in [0.2, 0.25) is 0 Å². The third-order valence-electron chi connectivity index (χ3n) is 3.84. The maximum Gasteiger partial charge on any atom is 0.323 e. The monoisotopic (exact) mass is 291 g/mol. The van der Waals surface area contributed by atoms with Gasteiger partial charge < -0.3 is 15.1 Å². The lowest BCUT2D eigenvalue weighted by atomic mass is 9.89. The van der Waals surface area contributed by atoms with E-state index in [1.807, 2.05) is 13.0 Å². The number of phenolic OH excluding ortho intramolecular Hbond substituents is 1. The molecular formula is C16H21NO4. The number of hydrogen-bond acceptors (Lipinski definition) is 3. The number of amides is 1. The first-order valence-corrected chi connectivity index (χ1v) is 7.39. The third-order valence-corrected chi connectivity index (χ3v) is 3.84. The van der Waals surface area contributed by atoms with Gasteiger partial charge in [-0.2, -0.15) is 0 Å². The second kappa shape index (κ2) is 6.61. The van der Waals surface area contributed by atoms with Crippen LogP contribution in [0.15, 0.2) is 12.1 Å². The van der Waals surface area contributed by atoms with Crippen LogP contribution in [-0.2, 0) is 17.6 Å². The van der Waals surface area contributed by atoms with Crippen LogP contribution in [0, 0.1) is 0 Å². The van der Waals surface area contributed by atoms with Crippen LogP contribution >= 0.6 is 0 Å². The fraction of sp³-hybridized carbons (Fsp3) is 0.500. The largest absolute Gasteiger partial charge is 0.507 e. The average Bonchev–Trinajstić information content (AvgIpc) is 2.46. The highest BCUT2D eigenvalue weighted by Gasteiger charge is 2.24. The molecule has 5 nitrogen and oxygen atoms in total. The molecule has 2 N–H and O–H groups in total. The third kappa shape index (κ3) is 3.35. The Kier molecular flexibility index (Phi) is 4.83. The van der Waals surface area contributed by atoms with Crippen molar-refractivity contribution >= 4 is 11.9 Å². The minimum Gasteiger partial charge on any atom is -0.507 e. The number of aromatic hydroxyl groups is 1. The van der Waals surface area contributed by atoms with Crippen molar-refractivity contribution in [2.75, 3.05) is 13.1 Å². The van der Waals surface area contributed by atoms with Gasteiger partial charge in [-0.15, -0.1) is 0 Å². The number of carboxylic acids is 1.